The lowest BCUT2D eigenvalue weighted by Gasteiger charge is -2.34. The zero-order valence-corrected chi connectivity index (χ0v) is 18.0. The molecular formula is C24H24N6O2. The number of ether oxygens (including phenoxy) is 1. The standard InChI is InChI=1S/C24H24N6O2/c1-17-26-10-11-30(17)20-5-3-4-19(14-20)22-16-29(12-13-32-22)24-27-21(15-23(31)28(24)2)18-6-8-25-9-7-18/h3-11,14-15,22H,12-13,16H2,1-2H3. The Bertz CT molecular complexity index is 1300. The third-order valence-electron chi connectivity index (χ3n) is 5.78. The van der Waals surface area contributed by atoms with Crippen LogP contribution in [-0.2, 0) is 11.8 Å². The van der Waals surface area contributed by atoms with Crippen molar-refractivity contribution < 1.29 is 4.74 Å². The van der Waals surface area contributed by atoms with Gasteiger partial charge >= 0.3 is 0 Å². The van der Waals surface area contributed by atoms with Crippen LogP contribution >= 0.6 is 0 Å². The normalized spacial score (nSPS) is 16.3. The lowest BCUT2D eigenvalue weighted by atomic mass is 10.1. The van der Waals surface area contributed by atoms with E-state index in [4.69, 9.17) is 9.72 Å². The van der Waals surface area contributed by atoms with E-state index >= 15 is 0 Å². The number of morpholine rings is 1. The molecule has 0 bridgehead atoms. The molecule has 4 heterocycles. The van der Waals surface area contributed by atoms with Crippen molar-refractivity contribution in [3.8, 4) is 16.9 Å². The van der Waals surface area contributed by atoms with Gasteiger partial charge in [0.25, 0.3) is 5.56 Å². The SMILES string of the molecule is Cc1nccn1-c1cccc(C2CN(c3nc(-c4ccncc4)cc(=O)n3C)CCO2)c1. The first-order valence-corrected chi connectivity index (χ1v) is 10.6. The van der Waals surface area contributed by atoms with Crippen LogP contribution in [0, 0.1) is 6.92 Å². The summed E-state index contributed by atoms with van der Waals surface area (Å²) in [5, 5.41) is 0. The van der Waals surface area contributed by atoms with Crippen molar-refractivity contribution in [3.63, 3.8) is 0 Å². The first-order chi connectivity index (χ1) is 15.6. The molecule has 32 heavy (non-hydrogen) atoms. The van der Waals surface area contributed by atoms with Gasteiger partial charge in [0.05, 0.1) is 18.8 Å². The van der Waals surface area contributed by atoms with E-state index in [0.717, 1.165) is 22.6 Å². The number of aromatic nitrogens is 5. The maximum absolute atomic E-state index is 12.7. The molecule has 1 saturated heterocycles. The molecule has 162 valence electrons. The summed E-state index contributed by atoms with van der Waals surface area (Å²) < 4.78 is 9.76. The molecule has 8 heteroatoms. The third kappa shape index (κ3) is 3.80. The zero-order chi connectivity index (χ0) is 22.1. The van der Waals surface area contributed by atoms with E-state index in [-0.39, 0.29) is 11.7 Å². The van der Waals surface area contributed by atoms with Gasteiger partial charge in [-0.15, -0.1) is 0 Å². The van der Waals surface area contributed by atoms with Crippen LogP contribution in [-0.4, -0.2) is 43.8 Å². The zero-order valence-electron chi connectivity index (χ0n) is 18.0. The van der Waals surface area contributed by atoms with E-state index in [1.807, 2.05) is 35.9 Å². The van der Waals surface area contributed by atoms with E-state index in [1.54, 1.807) is 36.3 Å². The summed E-state index contributed by atoms with van der Waals surface area (Å²) in [5.74, 6) is 1.57. The summed E-state index contributed by atoms with van der Waals surface area (Å²) in [7, 11) is 1.76. The molecule has 0 N–H and O–H groups in total. The minimum absolute atomic E-state index is 0.0950. The Morgan fingerprint density at radius 1 is 1.09 bits per heavy atom. The van der Waals surface area contributed by atoms with Crippen LogP contribution < -0.4 is 10.5 Å². The van der Waals surface area contributed by atoms with Gasteiger partial charge in [-0.25, -0.2) is 9.97 Å². The molecule has 1 atom stereocenters. The van der Waals surface area contributed by atoms with Gasteiger partial charge in [-0.1, -0.05) is 12.1 Å². The van der Waals surface area contributed by atoms with Crippen LogP contribution in [0.25, 0.3) is 16.9 Å². The Balaban J connectivity index is 1.46. The quantitative estimate of drug-likeness (QED) is 0.497. The van der Waals surface area contributed by atoms with Gasteiger partial charge in [0.2, 0.25) is 5.95 Å². The number of benzene rings is 1. The molecule has 0 aliphatic carbocycles. The molecule has 1 aromatic carbocycles. The van der Waals surface area contributed by atoms with Gasteiger partial charge in [-0.05, 0) is 36.8 Å². The van der Waals surface area contributed by atoms with Crippen molar-refractivity contribution in [3.05, 3.63) is 89.0 Å². The fraction of sp³-hybridized carbons (Fsp3) is 0.250. The van der Waals surface area contributed by atoms with Gasteiger partial charge in [0, 0.05) is 55.7 Å². The monoisotopic (exact) mass is 428 g/mol. The molecule has 0 saturated carbocycles. The van der Waals surface area contributed by atoms with Crippen molar-refractivity contribution in [2.24, 2.45) is 7.05 Å². The summed E-state index contributed by atoms with van der Waals surface area (Å²) in [6.07, 6.45) is 7.02. The van der Waals surface area contributed by atoms with Crippen molar-refractivity contribution >= 4 is 5.95 Å². The predicted molar refractivity (Wildman–Crippen MR) is 122 cm³/mol. The smallest absolute Gasteiger partial charge is 0.255 e. The average molecular weight is 428 g/mol. The maximum Gasteiger partial charge on any atom is 0.255 e. The Hall–Kier alpha value is -3.78. The van der Waals surface area contributed by atoms with Crippen LogP contribution in [0.15, 0.2) is 72.0 Å². The van der Waals surface area contributed by atoms with Crippen LogP contribution in [0.2, 0.25) is 0 Å². The Morgan fingerprint density at radius 2 is 1.94 bits per heavy atom. The number of rotatable bonds is 4. The second kappa shape index (κ2) is 8.39. The largest absolute Gasteiger partial charge is 0.370 e. The van der Waals surface area contributed by atoms with Gasteiger partial charge in [-0.3, -0.25) is 14.3 Å². The molecule has 0 amide bonds. The van der Waals surface area contributed by atoms with Crippen LogP contribution in [0.5, 0.6) is 0 Å². The maximum atomic E-state index is 12.7. The first-order valence-electron chi connectivity index (χ1n) is 10.6. The van der Waals surface area contributed by atoms with Gasteiger partial charge in [0.1, 0.15) is 11.9 Å². The average Bonchev–Trinajstić information content (AvgIpc) is 3.27. The van der Waals surface area contributed by atoms with Crippen LogP contribution in [0.4, 0.5) is 5.95 Å². The highest BCUT2D eigenvalue weighted by molar-refractivity contribution is 5.59. The van der Waals surface area contributed by atoms with Crippen LogP contribution in [0.3, 0.4) is 0 Å². The Morgan fingerprint density at radius 3 is 2.72 bits per heavy atom. The molecule has 1 aliphatic heterocycles. The van der Waals surface area contributed by atoms with Crippen molar-refractivity contribution in [1.29, 1.82) is 0 Å². The van der Waals surface area contributed by atoms with E-state index in [9.17, 15) is 4.79 Å². The minimum Gasteiger partial charge on any atom is -0.370 e. The topological polar surface area (TPSA) is 78.1 Å². The molecule has 0 radical (unpaired) electrons. The highest BCUT2D eigenvalue weighted by atomic mass is 16.5. The number of anilines is 1. The third-order valence-corrected chi connectivity index (χ3v) is 5.78. The van der Waals surface area contributed by atoms with Crippen molar-refractivity contribution in [1.82, 2.24) is 24.1 Å². The molecule has 4 aromatic rings. The number of hydrogen-bond donors (Lipinski definition) is 0. The van der Waals surface area contributed by atoms with Gasteiger partial charge < -0.3 is 14.2 Å². The van der Waals surface area contributed by atoms with Crippen molar-refractivity contribution in [2.45, 2.75) is 13.0 Å². The minimum atomic E-state index is -0.131. The van der Waals surface area contributed by atoms with E-state index < -0.39 is 0 Å². The first kappa shape index (κ1) is 20.1. The summed E-state index contributed by atoms with van der Waals surface area (Å²) in [5.41, 5.74) is 3.54. The van der Waals surface area contributed by atoms with Gasteiger partial charge in [-0.2, -0.15) is 0 Å². The Kier molecular flexibility index (Phi) is 5.28. The lowest BCUT2D eigenvalue weighted by Crippen LogP contribution is -2.41. The highest BCUT2D eigenvalue weighted by Crippen LogP contribution is 2.27. The highest BCUT2D eigenvalue weighted by Gasteiger charge is 2.25. The summed E-state index contributed by atoms with van der Waals surface area (Å²) >= 11 is 0. The molecule has 0 spiro atoms. The molecule has 5 rings (SSSR count). The van der Waals surface area contributed by atoms with E-state index in [2.05, 4.69) is 33.1 Å². The van der Waals surface area contributed by atoms with E-state index in [1.165, 1.54) is 0 Å². The number of aryl methyl sites for hydroxylation is 1. The summed E-state index contributed by atoms with van der Waals surface area (Å²) in [4.78, 5) is 28.0. The molecular weight excluding hydrogens is 404 g/mol. The molecule has 1 fully saturated rings. The van der Waals surface area contributed by atoms with Crippen LogP contribution in [0.1, 0.15) is 17.5 Å². The fourth-order valence-electron chi connectivity index (χ4n) is 4.04. The predicted octanol–water partition coefficient (Wildman–Crippen LogP) is 2.91. The molecule has 1 unspecified atom stereocenters. The number of nitrogens with zero attached hydrogens (tertiary/aromatic N) is 6. The summed E-state index contributed by atoms with van der Waals surface area (Å²) in [6, 6.07) is 13.6. The fourth-order valence-corrected chi connectivity index (χ4v) is 4.04. The number of pyridine rings is 1. The lowest BCUT2D eigenvalue weighted by molar-refractivity contribution is 0.0390. The van der Waals surface area contributed by atoms with Crippen molar-refractivity contribution in [2.75, 3.05) is 24.6 Å². The molecule has 3 aromatic heterocycles. The molecule has 8 nitrogen and oxygen atoms in total. The second-order valence-electron chi connectivity index (χ2n) is 7.82. The second-order valence-corrected chi connectivity index (χ2v) is 7.82. The number of hydrogen-bond acceptors (Lipinski definition) is 6. The number of imidazole rings is 1. The Labute approximate surface area is 185 Å². The van der Waals surface area contributed by atoms with E-state index in [0.29, 0.717) is 31.3 Å². The summed E-state index contributed by atoms with van der Waals surface area (Å²) in [6.45, 7) is 3.80. The van der Waals surface area contributed by atoms with Gasteiger partial charge in [0.15, 0.2) is 0 Å². The molecule has 1 aliphatic rings.